The number of piperazine rings is 1. The Morgan fingerprint density at radius 1 is 1.20 bits per heavy atom. The zero-order valence-electron chi connectivity index (χ0n) is 16.7. The molecule has 1 aromatic heterocycles. The number of nitrogens with zero attached hydrogens (tertiary/aromatic N) is 2. The summed E-state index contributed by atoms with van der Waals surface area (Å²) in [4.78, 5) is 39.6. The highest BCUT2D eigenvalue weighted by Gasteiger charge is 2.24. The number of hydrogen-bond acceptors (Lipinski definition) is 6. The van der Waals surface area contributed by atoms with E-state index in [1.807, 2.05) is 4.90 Å². The van der Waals surface area contributed by atoms with Crippen LogP contribution >= 0.6 is 11.6 Å². The number of hydrogen-bond donors (Lipinski definition) is 0. The third-order valence-electron chi connectivity index (χ3n) is 5.03. The summed E-state index contributed by atoms with van der Waals surface area (Å²) >= 11 is 6.08. The van der Waals surface area contributed by atoms with E-state index < -0.39 is 18.2 Å². The maximum atomic E-state index is 14.0. The molecular weight excluding hydrogens is 415 g/mol. The average Bonchev–Trinajstić information content (AvgIpc) is 2.69. The highest BCUT2D eigenvalue weighted by molar-refractivity contribution is 6.31. The van der Waals surface area contributed by atoms with Crippen molar-refractivity contribution in [3.05, 3.63) is 68.0 Å². The number of carbonyl (C=O) groups is 2. The fourth-order valence-corrected chi connectivity index (χ4v) is 3.64. The van der Waals surface area contributed by atoms with Crippen LogP contribution in [0.3, 0.4) is 0 Å². The minimum absolute atomic E-state index is 0.147. The summed E-state index contributed by atoms with van der Waals surface area (Å²) in [6, 6.07) is 5.78. The molecule has 0 saturated carbocycles. The largest absolute Gasteiger partial charge is 0.452 e. The Balaban J connectivity index is 1.51. The molecule has 0 N–H and O–H groups in total. The second-order valence-corrected chi connectivity index (χ2v) is 7.52. The van der Waals surface area contributed by atoms with Crippen LogP contribution in [0.15, 0.2) is 33.5 Å². The molecule has 3 rings (SSSR count). The number of ether oxygens (including phenoxy) is 1. The smallest absolute Gasteiger partial charge is 0.342 e. The molecule has 1 fully saturated rings. The van der Waals surface area contributed by atoms with E-state index in [0.717, 1.165) is 0 Å². The summed E-state index contributed by atoms with van der Waals surface area (Å²) in [5.41, 5.74) is 0.468. The molecule has 30 heavy (non-hydrogen) atoms. The molecule has 0 spiro atoms. The van der Waals surface area contributed by atoms with E-state index in [1.54, 1.807) is 24.0 Å². The van der Waals surface area contributed by atoms with E-state index in [-0.39, 0.29) is 23.0 Å². The van der Waals surface area contributed by atoms with Crippen LogP contribution in [-0.2, 0) is 16.1 Å². The predicted molar refractivity (Wildman–Crippen MR) is 108 cm³/mol. The minimum Gasteiger partial charge on any atom is -0.452 e. The van der Waals surface area contributed by atoms with Crippen molar-refractivity contribution in [2.75, 3.05) is 32.8 Å². The van der Waals surface area contributed by atoms with E-state index in [2.05, 4.69) is 0 Å². The first-order chi connectivity index (χ1) is 14.3. The summed E-state index contributed by atoms with van der Waals surface area (Å²) in [7, 11) is 0. The normalized spacial score (nSPS) is 14.6. The van der Waals surface area contributed by atoms with Crippen molar-refractivity contribution >= 4 is 23.5 Å². The molecule has 0 atom stereocenters. The van der Waals surface area contributed by atoms with Gasteiger partial charge in [-0.1, -0.05) is 17.7 Å². The molecule has 0 radical (unpaired) electrons. The summed E-state index contributed by atoms with van der Waals surface area (Å²) < 4.78 is 24.0. The first-order valence-corrected chi connectivity index (χ1v) is 9.85. The van der Waals surface area contributed by atoms with Crippen molar-refractivity contribution in [2.45, 2.75) is 20.4 Å². The molecule has 0 unspecified atom stereocenters. The van der Waals surface area contributed by atoms with Crippen molar-refractivity contribution in [1.82, 2.24) is 9.80 Å². The second kappa shape index (κ2) is 9.40. The Bertz CT molecular complexity index is 968. The van der Waals surface area contributed by atoms with E-state index in [9.17, 15) is 18.8 Å². The molecule has 1 saturated heterocycles. The van der Waals surface area contributed by atoms with Gasteiger partial charge in [-0.3, -0.25) is 9.69 Å². The zero-order chi connectivity index (χ0) is 21.8. The van der Waals surface area contributed by atoms with Crippen molar-refractivity contribution in [2.24, 2.45) is 0 Å². The fourth-order valence-electron chi connectivity index (χ4n) is 3.42. The Hall–Kier alpha value is -2.71. The number of carbonyl (C=O) groups excluding carboxylic acids is 2. The van der Waals surface area contributed by atoms with Crippen LogP contribution < -0.4 is 5.63 Å². The van der Waals surface area contributed by atoms with E-state index >= 15 is 0 Å². The standard InChI is InChI=1S/C21H22ClFN2O5/c1-13-10-19(27)30-14(2)20(13)21(28)29-12-18(26)25-8-6-24(7-9-25)11-15-16(22)4-3-5-17(15)23/h3-5,10H,6-9,11-12H2,1-2H3. The summed E-state index contributed by atoms with van der Waals surface area (Å²) in [5, 5.41) is 0.378. The number of amides is 1. The molecule has 1 aliphatic heterocycles. The lowest BCUT2D eigenvalue weighted by Gasteiger charge is -2.34. The summed E-state index contributed by atoms with van der Waals surface area (Å²) in [6.07, 6.45) is 0. The SMILES string of the molecule is Cc1cc(=O)oc(C)c1C(=O)OCC(=O)N1CCN(Cc2c(F)cccc2Cl)CC1. The molecule has 160 valence electrons. The number of aryl methyl sites for hydroxylation is 2. The molecule has 2 heterocycles. The Morgan fingerprint density at radius 3 is 2.53 bits per heavy atom. The van der Waals surface area contributed by atoms with Gasteiger partial charge in [0.05, 0.1) is 0 Å². The van der Waals surface area contributed by atoms with Gasteiger partial charge in [0.2, 0.25) is 0 Å². The van der Waals surface area contributed by atoms with Crippen LogP contribution in [0.4, 0.5) is 4.39 Å². The third kappa shape index (κ3) is 5.06. The molecule has 9 heteroatoms. The van der Waals surface area contributed by atoms with Gasteiger partial charge in [0.25, 0.3) is 5.91 Å². The van der Waals surface area contributed by atoms with Crippen LogP contribution in [0.2, 0.25) is 5.02 Å². The van der Waals surface area contributed by atoms with Crippen molar-refractivity contribution in [3.63, 3.8) is 0 Å². The van der Waals surface area contributed by atoms with Gasteiger partial charge in [-0.2, -0.15) is 0 Å². The van der Waals surface area contributed by atoms with Gasteiger partial charge in [-0.25, -0.2) is 14.0 Å². The van der Waals surface area contributed by atoms with Gasteiger partial charge in [0.1, 0.15) is 17.1 Å². The van der Waals surface area contributed by atoms with Crippen LogP contribution in [-0.4, -0.2) is 54.5 Å². The molecule has 0 aliphatic carbocycles. The van der Waals surface area contributed by atoms with Crippen molar-refractivity contribution in [3.8, 4) is 0 Å². The van der Waals surface area contributed by atoms with Crippen LogP contribution in [0.5, 0.6) is 0 Å². The highest BCUT2D eigenvalue weighted by atomic mass is 35.5. The predicted octanol–water partition coefficient (Wildman–Crippen LogP) is 2.55. The first kappa shape index (κ1) is 22.0. The van der Waals surface area contributed by atoms with Gasteiger partial charge in [0, 0.05) is 49.4 Å². The van der Waals surface area contributed by atoms with Crippen molar-refractivity contribution < 1.29 is 23.1 Å². The average molecular weight is 437 g/mol. The Kier molecular flexibility index (Phi) is 6.89. The zero-order valence-corrected chi connectivity index (χ0v) is 17.5. The molecule has 7 nitrogen and oxygen atoms in total. The Morgan fingerprint density at radius 2 is 1.90 bits per heavy atom. The number of halogens is 2. The van der Waals surface area contributed by atoms with E-state index in [4.69, 9.17) is 20.8 Å². The first-order valence-electron chi connectivity index (χ1n) is 9.47. The van der Waals surface area contributed by atoms with Gasteiger partial charge in [-0.05, 0) is 31.5 Å². The lowest BCUT2D eigenvalue weighted by molar-refractivity contribution is -0.136. The molecule has 1 amide bonds. The maximum absolute atomic E-state index is 14.0. The van der Waals surface area contributed by atoms with Gasteiger partial charge >= 0.3 is 11.6 Å². The monoisotopic (exact) mass is 436 g/mol. The van der Waals surface area contributed by atoms with Crippen LogP contribution in [0, 0.1) is 19.7 Å². The van der Waals surface area contributed by atoms with Gasteiger partial charge in [-0.15, -0.1) is 0 Å². The lowest BCUT2D eigenvalue weighted by atomic mass is 10.1. The summed E-state index contributed by atoms with van der Waals surface area (Å²) in [6.45, 7) is 5.01. The second-order valence-electron chi connectivity index (χ2n) is 7.11. The Labute approximate surface area is 178 Å². The molecule has 2 aromatic rings. The van der Waals surface area contributed by atoms with E-state index in [0.29, 0.717) is 48.9 Å². The van der Waals surface area contributed by atoms with Gasteiger partial charge < -0.3 is 14.1 Å². The number of rotatable bonds is 5. The number of benzene rings is 1. The van der Waals surface area contributed by atoms with Crippen LogP contribution in [0.1, 0.15) is 27.2 Å². The highest BCUT2D eigenvalue weighted by Crippen LogP contribution is 2.21. The van der Waals surface area contributed by atoms with E-state index in [1.165, 1.54) is 19.1 Å². The topological polar surface area (TPSA) is 80.1 Å². The van der Waals surface area contributed by atoms with Gasteiger partial charge in [0.15, 0.2) is 6.61 Å². The van der Waals surface area contributed by atoms with Crippen molar-refractivity contribution in [1.29, 1.82) is 0 Å². The quantitative estimate of drug-likeness (QED) is 0.670. The fraction of sp³-hybridized carbons (Fsp3) is 0.381. The minimum atomic E-state index is -0.713. The third-order valence-corrected chi connectivity index (χ3v) is 5.39. The molecule has 1 aliphatic rings. The molecule has 0 bridgehead atoms. The molecule has 1 aromatic carbocycles. The lowest BCUT2D eigenvalue weighted by Crippen LogP contribution is -2.49. The molecular formula is C21H22ClFN2O5. The van der Waals surface area contributed by atoms with Crippen LogP contribution in [0.25, 0.3) is 0 Å². The number of esters is 1. The summed E-state index contributed by atoms with van der Waals surface area (Å²) in [5.74, 6) is -1.23. The maximum Gasteiger partial charge on any atom is 0.342 e.